The van der Waals surface area contributed by atoms with Gasteiger partial charge in [-0.2, -0.15) is 0 Å². The molecule has 7 nitrogen and oxygen atoms in total. The highest BCUT2D eigenvalue weighted by molar-refractivity contribution is 5.89. The minimum atomic E-state index is -0.619. The fourth-order valence-electron chi connectivity index (χ4n) is 2.01. The highest BCUT2D eigenvalue weighted by Crippen LogP contribution is 2.38. The van der Waals surface area contributed by atoms with Crippen LogP contribution >= 0.6 is 0 Å². The van der Waals surface area contributed by atoms with Gasteiger partial charge in [-0.15, -0.1) is 0 Å². The number of carbonyl (C=O) groups is 2. The van der Waals surface area contributed by atoms with E-state index >= 15 is 0 Å². The maximum atomic E-state index is 11.8. The fourth-order valence-corrected chi connectivity index (χ4v) is 2.01. The Morgan fingerprint density at radius 2 is 1.62 bits per heavy atom. The van der Waals surface area contributed by atoms with Gasteiger partial charge in [0.05, 0.1) is 21.3 Å². The summed E-state index contributed by atoms with van der Waals surface area (Å²) in [7, 11) is 4.53. The second-order valence-corrected chi connectivity index (χ2v) is 6.00. The number of hydrogen-bond donors (Lipinski definition) is 1. The summed E-state index contributed by atoms with van der Waals surface area (Å²) in [5.74, 6) is 0.760. The summed E-state index contributed by atoms with van der Waals surface area (Å²) in [6.07, 6.45) is 2.78. The Balaban J connectivity index is 2.69. The van der Waals surface area contributed by atoms with Gasteiger partial charge in [-0.25, -0.2) is 4.79 Å². The van der Waals surface area contributed by atoms with Gasteiger partial charge in [0.15, 0.2) is 18.1 Å². The number of amides is 1. The second-order valence-electron chi connectivity index (χ2n) is 6.00. The zero-order valence-electron chi connectivity index (χ0n) is 16.1. The molecule has 0 saturated carbocycles. The predicted octanol–water partition coefficient (Wildman–Crippen LogP) is 2.43. The van der Waals surface area contributed by atoms with E-state index in [4.69, 9.17) is 18.9 Å². The summed E-state index contributed by atoms with van der Waals surface area (Å²) >= 11 is 0. The topological polar surface area (TPSA) is 83.1 Å². The lowest BCUT2D eigenvalue weighted by Gasteiger charge is -2.17. The average Bonchev–Trinajstić information content (AvgIpc) is 2.63. The Morgan fingerprint density at radius 3 is 2.08 bits per heavy atom. The molecule has 0 fully saturated rings. The van der Waals surface area contributed by atoms with Gasteiger partial charge in [-0.3, -0.25) is 4.79 Å². The first-order chi connectivity index (χ1) is 12.3. The van der Waals surface area contributed by atoms with E-state index < -0.39 is 5.97 Å². The number of rotatable bonds is 9. The second kappa shape index (κ2) is 10.3. The van der Waals surface area contributed by atoms with E-state index in [1.807, 2.05) is 20.8 Å². The third-order valence-electron chi connectivity index (χ3n) is 3.83. The van der Waals surface area contributed by atoms with Crippen LogP contribution in [0.3, 0.4) is 0 Å². The van der Waals surface area contributed by atoms with Crippen molar-refractivity contribution in [2.24, 2.45) is 5.92 Å². The molecule has 1 rings (SSSR count). The highest BCUT2D eigenvalue weighted by atomic mass is 16.5. The van der Waals surface area contributed by atoms with E-state index in [1.54, 1.807) is 18.2 Å². The minimum absolute atomic E-state index is 0.0102. The summed E-state index contributed by atoms with van der Waals surface area (Å²) in [6, 6.07) is 3.40. The molecule has 0 heterocycles. The molecule has 0 radical (unpaired) electrons. The molecule has 0 aliphatic carbocycles. The van der Waals surface area contributed by atoms with Crippen LogP contribution in [-0.4, -0.2) is 45.9 Å². The van der Waals surface area contributed by atoms with E-state index in [0.29, 0.717) is 28.7 Å². The quantitative estimate of drug-likeness (QED) is 0.535. The van der Waals surface area contributed by atoms with Gasteiger partial charge in [-0.05, 0) is 36.6 Å². The molecule has 7 heteroatoms. The standard InChI is InChI=1S/C19H27NO6/c1-12(2)13(3)20-17(21)11-26-18(22)8-7-14-9-15(23-4)19(25-6)16(10-14)24-5/h7-10,12-13H,11H2,1-6H3,(H,20,21)/b8-7+/t13-/m1/s1. The van der Waals surface area contributed by atoms with E-state index in [0.717, 1.165) is 0 Å². The van der Waals surface area contributed by atoms with Gasteiger partial charge >= 0.3 is 5.97 Å². The van der Waals surface area contributed by atoms with Gasteiger partial charge in [0.1, 0.15) is 0 Å². The van der Waals surface area contributed by atoms with Crippen molar-refractivity contribution < 1.29 is 28.5 Å². The van der Waals surface area contributed by atoms with Crippen molar-refractivity contribution in [1.82, 2.24) is 5.32 Å². The van der Waals surface area contributed by atoms with E-state index in [2.05, 4.69) is 5.32 Å². The average molecular weight is 365 g/mol. The van der Waals surface area contributed by atoms with Crippen LogP contribution in [-0.2, 0) is 14.3 Å². The van der Waals surface area contributed by atoms with Crippen LogP contribution in [0.25, 0.3) is 6.08 Å². The van der Waals surface area contributed by atoms with Crippen LogP contribution < -0.4 is 19.5 Å². The lowest BCUT2D eigenvalue weighted by atomic mass is 10.1. The number of carbonyl (C=O) groups excluding carboxylic acids is 2. The molecule has 1 amide bonds. The number of benzene rings is 1. The van der Waals surface area contributed by atoms with Crippen LogP contribution in [0, 0.1) is 5.92 Å². The number of hydrogen-bond acceptors (Lipinski definition) is 6. The predicted molar refractivity (Wildman–Crippen MR) is 98.5 cm³/mol. The molecule has 0 spiro atoms. The van der Waals surface area contributed by atoms with Crippen molar-refractivity contribution >= 4 is 18.0 Å². The fraction of sp³-hybridized carbons (Fsp3) is 0.474. The highest BCUT2D eigenvalue weighted by Gasteiger charge is 2.13. The SMILES string of the molecule is COc1cc(/C=C/C(=O)OCC(=O)N[C@H](C)C(C)C)cc(OC)c1OC. The van der Waals surface area contributed by atoms with Crippen molar-refractivity contribution in [1.29, 1.82) is 0 Å². The minimum Gasteiger partial charge on any atom is -0.493 e. The lowest BCUT2D eigenvalue weighted by molar-refractivity contribution is -0.144. The van der Waals surface area contributed by atoms with Crippen molar-refractivity contribution in [3.8, 4) is 17.2 Å². The molecule has 0 aliphatic heterocycles. The van der Waals surface area contributed by atoms with Gasteiger partial charge < -0.3 is 24.3 Å². The van der Waals surface area contributed by atoms with Gasteiger partial charge in [0.2, 0.25) is 5.75 Å². The maximum absolute atomic E-state index is 11.8. The monoisotopic (exact) mass is 365 g/mol. The molecule has 1 N–H and O–H groups in total. The Kier molecular flexibility index (Phi) is 8.48. The Labute approximate surface area is 154 Å². The third-order valence-corrected chi connectivity index (χ3v) is 3.83. The summed E-state index contributed by atoms with van der Waals surface area (Å²) in [6.45, 7) is 5.57. The van der Waals surface area contributed by atoms with Crippen molar-refractivity contribution in [3.63, 3.8) is 0 Å². The first-order valence-corrected chi connectivity index (χ1v) is 8.26. The van der Waals surface area contributed by atoms with Crippen LogP contribution in [0.1, 0.15) is 26.3 Å². The first-order valence-electron chi connectivity index (χ1n) is 8.26. The lowest BCUT2D eigenvalue weighted by Crippen LogP contribution is -2.38. The third kappa shape index (κ3) is 6.31. The van der Waals surface area contributed by atoms with E-state index in [1.165, 1.54) is 27.4 Å². The molecular weight excluding hydrogens is 338 g/mol. The maximum Gasteiger partial charge on any atom is 0.331 e. The van der Waals surface area contributed by atoms with Crippen LogP contribution in [0.2, 0.25) is 0 Å². The normalized spacial score (nSPS) is 12.0. The zero-order valence-corrected chi connectivity index (χ0v) is 16.1. The Morgan fingerprint density at radius 1 is 1.04 bits per heavy atom. The van der Waals surface area contributed by atoms with Crippen LogP contribution in [0.4, 0.5) is 0 Å². The Hall–Kier alpha value is -2.70. The van der Waals surface area contributed by atoms with Crippen molar-refractivity contribution in [2.75, 3.05) is 27.9 Å². The summed E-state index contributed by atoms with van der Waals surface area (Å²) in [5.41, 5.74) is 0.661. The number of esters is 1. The molecule has 0 saturated heterocycles. The van der Waals surface area contributed by atoms with Gasteiger partial charge in [0.25, 0.3) is 5.91 Å². The number of nitrogens with one attached hydrogen (secondary N) is 1. The first kappa shape index (κ1) is 21.3. The van der Waals surface area contributed by atoms with Gasteiger partial charge in [-0.1, -0.05) is 13.8 Å². The number of ether oxygens (including phenoxy) is 4. The summed E-state index contributed by atoms with van der Waals surface area (Å²) in [4.78, 5) is 23.5. The van der Waals surface area contributed by atoms with Crippen LogP contribution in [0.15, 0.2) is 18.2 Å². The number of methoxy groups -OCH3 is 3. The van der Waals surface area contributed by atoms with E-state index in [9.17, 15) is 9.59 Å². The molecular formula is C19H27NO6. The molecule has 0 bridgehead atoms. The largest absolute Gasteiger partial charge is 0.493 e. The summed E-state index contributed by atoms with van der Waals surface area (Å²) < 4.78 is 20.7. The van der Waals surface area contributed by atoms with E-state index in [-0.39, 0.29) is 18.6 Å². The smallest absolute Gasteiger partial charge is 0.331 e. The van der Waals surface area contributed by atoms with Crippen LogP contribution in [0.5, 0.6) is 17.2 Å². The molecule has 1 aromatic rings. The van der Waals surface area contributed by atoms with Crippen molar-refractivity contribution in [2.45, 2.75) is 26.8 Å². The van der Waals surface area contributed by atoms with Crippen molar-refractivity contribution in [3.05, 3.63) is 23.8 Å². The molecule has 1 aromatic carbocycles. The molecule has 26 heavy (non-hydrogen) atoms. The summed E-state index contributed by atoms with van der Waals surface area (Å²) in [5, 5.41) is 2.76. The molecule has 0 unspecified atom stereocenters. The molecule has 0 aliphatic rings. The molecule has 144 valence electrons. The molecule has 1 atom stereocenters. The molecule has 0 aromatic heterocycles. The zero-order chi connectivity index (χ0) is 19.7. The Bertz CT molecular complexity index is 628. The van der Waals surface area contributed by atoms with Gasteiger partial charge in [0, 0.05) is 12.1 Å².